The lowest BCUT2D eigenvalue weighted by Crippen LogP contribution is -2.23. The molecule has 0 aliphatic heterocycles. The van der Waals surface area contributed by atoms with E-state index in [1.165, 1.54) is 19.1 Å². The summed E-state index contributed by atoms with van der Waals surface area (Å²) in [6.45, 7) is 1.59. The zero-order chi connectivity index (χ0) is 16.8. The first kappa shape index (κ1) is 17.5. The molecule has 1 rings (SSSR count). The normalized spacial score (nSPS) is 13.2. The van der Waals surface area contributed by atoms with Crippen LogP contribution < -0.4 is 10.6 Å². The number of carbonyl (C=O) groups excluding carboxylic acids is 1. The van der Waals surface area contributed by atoms with Crippen molar-refractivity contribution in [3.05, 3.63) is 41.6 Å². The quantitative estimate of drug-likeness (QED) is 0.573. The number of anilines is 1. The molecule has 0 spiro atoms. The van der Waals surface area contributed by atoms with Gasteiger partial charge >= 0.3 is 6.18 Å². The van der Waals surface area contributed by atoms with Gasteiger partial charge in [-0.05, 0) is 19.1 Å². The fourth-order valence-corrected chi connectivity index (χ4v) is 1.51. The highest BCUT2D eigenvalue weighted by Crippen LogP contribution is 2.34. The second-order valence-corrected chi connectivity index (χ2v) is 4.42. The number of aliphatic hydroxyl groups excluding tert-OH is 1. The number of amides is 1. The van der Waals surface area contributed by atoms with Crippen LogP contribution in [0.4, 0.5) is 18.9 Å². The highest BCUT2D eigenvalue weighted by molar-refractivity contribution is 6.06. The standard InChI is InChI=1S/C14H14F3N3O2/c1-9(21)7-19-8-10(6-18)13(22)20-12-5-3-2-4-11(12)14(15,16)17/h2-5,8-9,19,21H,7H2,1H3,(H,20,22)/b10-8-. The first-order valence-corrected chi connectivity index (χ1v) is 6.25. The number of nitriles is 1. The van der Waals surface area contributed by atoms with Crippen molar-refractivity contribution in [1.82, 2.24) is 5.32 Å². The van der Waals surface area contributed by atoms with Crippen LogP contribution in [0, 0.1) is 11.3 Å². The molecule has 0 saturated heterocycles. The molecule has 0 bridgehead atoms. The zero-order valence-electron chi connectivity index (χ0n) is 11.6. The van der Waals surface area contributed by atoms with Crippen molar-refractivity contribution in [2.45, 2.75) is 19.2 Å². The highest BCUT2D eigenvalue weighted by Gasteiger charge is 2.33. The summed E-state index contributed by atoms with van der Waals surface area (Å²) in [6.07, 6.45) is -4.28. The Balaban J connectivity index is 2.91. The fourth-order valence-electron chi connectivity index (χ4n) is 1.51. The van der Waals surface area contributed by atoms with Crippen LogP contribution in [0.1, 0.15) is 12.5 Å². The number of hydrogen-bond acceptors (Lipinski definition) is 4. The predicted octanol–water partition coefficient (Wildman–Crippen LogP) is 2.02. The van der Waals surface area contributed by atoms with Crippen molar-refractivity contribution in [3.63, 3.8) is 0 Å². The van der Waals surface area contributed by atoms with Gasteiger partial charge in [0.15, 0.2) is 0 Å². The van der Waals surface area contributed by atoms with Gasteiger partial charge in [0.1, 0.15) is 11.6 Å². The van der Waals surface area contributed by atoms with Gasteiger partial charge in [0, 0.05) is 12.7 Å². The maximum Gasteiger partial charge on any atom is 0.418 e. The summed E-state index contributed by atoms with van der Waals surface area (Å²) in [4.78, 5) is 11.8. The number of rotatable bonds is 5. The molecule has 3 N–H and O–H groups in total. The van der Waals surface area contributed by atoms with Gasteiger partial charge in [0.2, 0.25) is 0 Å². The lowest BCUT2D eigenvalue weighted by atomic mass is 10.1. The Kier molecular flexibility index (Phi) is 5.95. The summed E-state index contributed by atoms with van der Waals surface area (Å²) in [5, 5.41) is 22.5. The molecule has 0 fully saturated rings. The van der Waals surface area contributed by atoms with Crippen molar-refractivity contribution in [3.8, 4) is 6.07 Å². The van der Waals surface area contributed by atoms with Gasteiger partial charge < -0.3 is 15.7 Å². The van der Waals surface area contributed by atoms with Gasteiger partial charge in [-0.15, -0.1) is 0 Å². The van der Waals surface area contributed by atoms with E-state index in [2.05, 4.69) is 10.6 Å². The number of benzene rings is 1. The summed E-state index contributed by atoms with van der Waals surface area (Å²) in [7, 11) is 0. The fraction of sp³-hybridized carbons (Fsp3) is 0.286. The van der Waals surface area contributed by atoms with E-state index in [0.717, 1.165) is 18.3 Å². The van der Waals surface area contributed by atoms with Crippen LogP contribution in [0.5, 0.6) is 0 Å². The molecule has 5 nitrogen and oxygen atoms in total. The smallest absolute Gasteiger partial charge is 0.392 e. The summed E-state index contributed by atoms with van der Waals surface area (Å²) >= 11 is 0. The summed E-state index contributed by atoms with van der Waals surface area (Å²) < 4.78 is 38.4. The topological polar surface area (TPSA) is 85.2 Å². The molecule has 1 aromatic carbocycles. The van der Waals surface area contributed by atoms with E-state index in [4.69, 9.17) is 10.4 Å². The SMILES string of the molecule is CC(O)CN/C=C(/C#N)C(=O)Nc1ccccc1C(F)(F)F. The molecule has 118 valence electrons. The third-order valence-corrected chi connectivity index (χ3v) is 2.51. The lowest BCUT2D eigenvalue weighted by molar-refractivity contribution is -0.137. The Labute approximate surface area is 125 Å². The molecule has 1 unspecified atom stereocenters. The van der Waals surface area contributed by atoms with Gasteiger partial charge in [0.25, 0.3) is 5.91 Å². The van der Waals surface area contributed by atoms with Crippen molar-refractivity contribution < 1.29 is 23.1 Å². The maximum atomic E-state index is 12.8. The average Bonchev–Trinajstić information content (AvgIpc) is 2.42. The molecule has 0 saturated carbocycles. The van der Waals surface area contributed by atoms with E-state index in [-0.39, 0.29) is 6.54 Å². The number of nitrogens with one attached hydrogen (secondary N) is 2. The van der Waals surface area contributed by atoms with Gasteiger partial charge in [-0.1, -0.05) is 12.1 Å². The third kappa shape index (κ3) is 5.10. The molecule has 22 heavy (non-hydrogen) atoms. The van der Waals surface area contributed by atoms with Crippen molar-refractivity contribution in [2.24, 2.45) is 0 Å². The van der Waals surface area contributed by atoms with E-state index >= 15 is 0 Å². The van der Waals surface area contributed by atoms with E-state index in [0.29, 0.717) is 0 Å². The number of hydrogen-bond donors (Lipinski definition) is 3. The number of para-hydroxylation sites is 1. The van der Waals surface area contributed by atoms with E-state index in [1.807, 2.05) is 0 Å². The van der Waals surface area contributed by atoms with Crippen LogP contribution in [0.15, 0.2) is 36.0 Å². The number of aliphatic hydroxyl groups is 1. The number of halogens is 3. The molecule has 1 atom stereocenters. The number of nitrogens with zero attached hydrogens (tertiary/aromatic N) is 1. The minimum atomic E-state index is -4.62. The Morgan fingerprint density at radius 2 is 2.09 bits per heavy atom. The van der Waals surface area contributed by atoms with Crippen molar-refractivity contribution in [1.29, 1.82) is 5.26 Å². The molecular weight excluding hydrogens is 299 g/mol. The van der Waals surface area contributed by atoms with Crippen LogP contribution in [-0.2, 0) is 11.0 Å². The van der Waals surface area contributed by atoms with Crippen LogP contribution in [0.3, 0.4) is 0 Å². The number of carbonyl (C=O) groups is 1. The monoisotopic (exact) mass is 313 g/mol. The van der Waals surface area contributed by atoms with Crippen molar-refractivity contribution >= 4 is 11.6 Å². The second kappa shape index (κ2) is 7.47. The first-order valence-electron chi connectivity index (χ1n) is 6.25. The first-order chi connectivity index (χ1) is 10.3. The number of alkyl halides is 3. The predicted molar refractivity (Wildman–Crippen MR) is 73.5 cm³/mol. The summed E-state index contributed by atoms with van der Waals surface area (Å²) in [6, 6.07) is 6.04. The lowest BCUT2D eigenvalue weighted by Gasteiger charge is -2.13. The Hall–Kier alpha value is -2.53. The molecule has 0 heterocycles. The Morgan fingerprint density at radius 3 is 2.64 bits per heavy atom. The van der Waals surface area contributed by atoms with E-state index in [1.54, 1.807) is 6.07 Å². The van der Waals surface area contributed by atoms with Crippen molar-refractivity contribution in [2.75, 3.05) is 11.9 Å². The highest BCUT2D eigenvalue weighted by atomic mass is 19.4. The molecule has 1 amide bonds. The second-order valence-electron chi connectivity index (χ2n) is 4.42. The van der Waals surface area contributed by atoms with E-state index in [9.17, 15) is 18.0 Å². The van der Waals surface area contributed by atoms with Crippen LogP contribution in [0.2, 0.25) is 0 Å². The minimum absolute atomic E-state index is 0.0948. The van der Waals surface area contributed by atoms with Gasteiger partial charge in [0.05, 0.1) is 17.4 Å². The molecule has 0 aliphatic rings. The van der Waals surface area contributed by atoms with Crippen LogP contribution in [-0.4, -0.2) is 23.7 Å². The summed E-state index contributed by atoms with van der Waals surface area (Å²) in [5.41, 5.74) is -1.84. The third-order valence-electron chi connectivity index (χ3n) is 2.51. The average molecular weight is 313 g/mol. The van der Waals surface area contributed by atoms with Crippen LogP contribution in [0.25, 0.3) is 0 Å². The molecule has 0 radical (unpaired) electrons. The summed E-state index contributed by atoms with van der Waals surface area (Å²) in [5.74, 6) is -0.975. The Bertz CT molecular complexity index is 604. The maximum absolute atomic E-state index is 12.8. The largest absolute Gasteiger partial charge is 0.418 e. The van der Waals surface area contributed by atoms with Gasteiger partial charge in [-0.3, -0.25) is 4.79 Å². The zero-order valence-corrected chi connectivity index (χ0v) is 11.6. The molecule has 1 aromatic rings. The van der Waals surface area contributed by atoms with E-state index < -0.39 is 35.0 Å². The molecule has 8 heteroatoms. The van der Waals surface area contributed by atoms with Gasteiger partial charge in [-0.2, -0.15) is 18.4 Å². The minimum Gasteiger partial charge on any atom is -0.392 e. The molecular formula is C14H14F3N3O2. The van der Waals surface area contributed by atoms with Crippen LogP contribution >= 0.6 is 0 Å². The molecule has 0 aromatic heterocycles. The molecule has 0 aliphatic carbocycles. The Morgan fingerprint density at radius 1 is 1.45 bits per heavy atom. The van der Waals surface area contributed by atoms with Gasteiger partial charge in [-0.25, -0.2) is 0 Å².